The zero-order chi connectivity index (χ0) is 16.5. The molecule has 0 spiro atoms. The van der Waals surface area contributed by atoms with Crippen LogP contribution in [0.25, 0.3) is 0 Å². The number of carbonyl (C=O) groups is 1. The highest BCUT2D eigenvalue weighted by Gasteiger charge is 2.26. The summed E-state index contributed by atoms with van der Waals surface area (Å²) in [6.07, 6.45) is 7.12. The van der Waals surface area contributed by atoms with Crippen LogP contribution in [0, 0.1) is 0 Å². The van der Waals surface area contributed by atoms with Crippen molar-refractivity contribution in [1.82, 2.24) is 24.6 Å². The lowest BCUT2D eigenvalue weighted by Crippen LogP contribution is -2.49. The van der Waals surface area contributed by atoms with E-state index < -0.39 is 0 Å². The Hall–Kier alpha value is -2.44. The molecule has 3 heterocycles. The number of amides is 1. The fourth-order valence-electron chi connectivity index (χ4n) is 3.35. The first-order valence-corrected chi connectivity index (χ1v) is 8.56. The lowest BCUT2D eigenvalue weighted by molar-refractivity contribution is 0.0735. The molecule has 2 fully saturated rings. The summed E-state index contributed by atoms with van der Waals surface area (Å²) in [5, 5.41) is 4.08. The largest absolute Gasteiger partial charge is 0.353 e. The summed E-state index contributed by atoms with van der Waals surface area (Å²) in [7, 11) is 1.80. The zero-order valence-corrected chi connectivity index (χ0v) is 13.9. The van der Waals surface area contributed by atoms with E-state index in [-0.39, 0.29) is 5.91 Å². The number of anilines is 1. The summed E-state index contributed by atoms with van der Waals surface area (Å²) >= 11 is 0. The number of piperazine rings is 1. The van der Waals surface area contributed by atoms with Crippen LogP contribution in [0.2, 0.25) is 0 Å². The van der Waals surface area contributed by atoms with Crippen LogP contribution in [-0.4, -0.2) is 56.7 Å². The quantitative estimate of drug-likeness (QED) is 0.854. The molecule has 1 aliphatic carbocycles. The van der Waals surface area contributed by atoms with Gasteiger partial charge in [0, 0.05) is 57.1 Å². The molecular formula is C17H22N6O. The smallest absolute Gasteiger partial charge is 0.272 e. The number of rotatable bonds is 3. The third-order valence-electron chi connectivity index (χ3n) is 5.13. The molecule has 24 heavy (non-hydrogen) atoms. The lowest BCUT2D eigenvalue weighted by atomic mass is 9.83. The van der Waals surface area contributed by atoms with Crippen molar-refractivity contribution in [2.45, 2.75) is 25.2 Å². The van der Waals surface area contributed by atoms with E-state index >= 15 is 0 Å². The number of aryl methyl sites for hydroxylation is 1. The molecule has 0 unspecified atom stereocenters. The molecule has 2 aliphatic rings. The Morgan fingerprint density at radius 1 is 1.17 bits per heavy atom. The number of nitrogens with zero attached hydrogens (tertiary/aromatic N) is 6. The summed E-state index contributed by atoms with van der Waals surface area (Å²) in [5.41, 5.74) is 1.80. The third kappa shape index (κ3) is 2.74. The monoisotopic (exact) mass is 326 g/mol. The van der Waals surface area contributed by atoms with Crippen molar-refractivity contribution in [2.75, 3.05) is 31.1 Å². The van der Waals surface area contributed by atoms with Crippen LogP contribution in [0.4, 0.5) is 5.82 Å². The summed E-state index contributed by atoms with van der Waals surface area (Å²) in [6, 6.07) is 3.90. The second-order valence-corrected chi connectivity index (χ2v) is 6.55. The van der Waals surface area contributed by atoms with Crippen molar-refractivity contribution in [3.8, 4) is 0 Å². The van der Waals surface area contributed by atoms with Gasteiger partial charge < -0.3 is 9.80 Å². The average Bonchev–Trinajstić information content (AvgIpc) is 2.99. The standard InChI is InChI=1S/C17H22N6O/c1-21-15(5-6-20-21)17(24)23-9-7-22(8-10-23)16-11-14(18-12-19-16)13-3-2-4-13/h5-6,11-13H,2-4,7-10H2,1H3. The fraction of sp³-hybridized carbons (Fsp3) is 0.529. The molecule has 0 bridgehead atoms. The van der Waals surface area contributed by atoms with E-state index in [2.05, 4.69) is 26.0 Å². The van der Waals surface area contributed by atoms with E-state index in [1.807, 2.05) is 4.90 Å². The van der Waals surface area contributed by atoms with Crippen molar-refractivity contribution in [2.24, 2.45) is 7.05 Å². The first-order chi connectivity index (χ1) is 11.7. The molecule has 0 aromatic carbocycles. The highest BCUT2D eigenvalue weighted by molar-refractivity contribution is 5.92. The van der Waals surface area contributed by atoms with Gasteiger partial charge in [-0.3, -0.25) is 9.48 Å². The molecule has 0 radical (unpaired) electrons. The number of hydrogen-bond donors (Lipinski definition) is 0. The summed E-state index contributed by atoms with van der Waals surface area (Å²) in [4.78, 5) is 25.5. The van der Waals surface area contributed by atoms with Gasteiger partial charge in [-0.05, 0) is 18.9 Å². The maximum Gasteiger partial charge on any atom is 0.272 e. The second kappa shape index (κ2) is 6.22. The van der Waals surface area contributed by atoms with Crippen LogP contribution in [-0.2, 0) is 7.05 Å². The van der Waals surface area contributed by atoms with Gasteiger partial charge in [-0.15, -0.1) is 0 Å². The van der Waals surface area contributed by atoms with Gasteiger partial charge in [0.25, 0.3) is 5.91 Å². The van der Waals surface area contributed by atoms with Gasteiger partial charge in [-0.1, -0.05) is 6.42 Å². The van der Waals surface area contributed by atoms with Crippen molar-refractivity contribution >= 4 is 11.7 Å². The Labute approximate surface area is 141 Å². The zero-order valence-electron chi connectivity index (χ0n) is 13.9. The van der Waals surface area contributed by atoms with Crippen LogP contribution < -0.4 is 4.90 Å². The number of hydrogen-bond acceptors (Lipinski definition) is 5. The number of aromatic nitrogens is 4. The Morgan fingerprint density at radius 3 is 2.58 bits per heavy atom. The highest BCUT2D eigenvalue weighted by atomic mass is 16.2. The highest BCUT2D eigenvalue weighted by Crippen LogP contribution is 2.35. The van der Waals surface area contributed by atoms with E-state index in [4.69, 9.17) is 0 Å². The van der Waals surface area contributed by atoms with E-state index in [1.54, 1.807) is 30.3 Å². The Morgan fingerprint density at radius 2 is 1.96 bits per heavy atom. The van der Waals surface area contributed by atoms with Crippen LogP contribution in [0.5, 0.6) is 0 Å². The predicted octanol–water partition coefficient (Wildman–Crippen LogP) is 1.44. The predicted molar refractivity (Wildman–Crippen MR) is 89.9 cm³/mol. The van der Waals surface area contributed by atoms with Crippen LogP contribution in [0.15, 0.2) is 24.7 Å². The molecule has 1 aliphatic heterocycles. The summed E-state index contributed by atoms with van der Waals surface area (Å²) in [6.45, 7) is 3.00. The molecule has 0 atom stereocenters. The second-order valence-electron chi connectivity index (χ2n) is 6.55. The molecule has 4 rings (SSSR count). The van der Waals surface area contributed by atoms with Crippen molar-refractivity contribution in [3.63, 3.8) is 0 Å². The molecule has 7 nitrogen and oxygen atoms in total. The molecule has 7 heteroatoms. The molecule has 2 aromatic rings. The van der Waals surface area contributed by atoms with E-state index in [1.165, 1.54) is 25.0 Å². The van der Waals surface area contributed by atoms with Gasteiger partial charge in [0.15, 0.2) is 0 Å². The minimum Gasteiger partial charge on any atom is -0.353 e. The van der Waals surface area contributed by atoms with Gasteiger partial charge in [0.05, 0.1) is 0 Å². The minimum absolute atomic E-state index is 0.0486. The van der Waals surface area contributed by atoms with Gasteiger partial charge >= 0.3 is 0 Å². The first kappa shape index (κ1) is 15.1. The summed E-state index contributed by atoms with van der Waals surface area (Å²) < 4.78 is 1.63. The third-order valence-corrected chi connectivity index (χ3v) is 5.13. The number of carbonyl (C=O) groups excluding carboxylic acids is 1. The maximum absolute atomic E-state index is 12.5. The molecule has 1 saturated carbocycles. The van der Waals surface area contributed by atoms with E-state index in [0.29, 0.717) is 24.7 Å². The van der Waals surface area contributed by atoms with E-state index in [9.17, 15) is 4.79 Å². The van der Waals surface area contributed by atoms with Crippen molar-refractivity contribution in [1.29, 1.82) is 0 Å². The fourth-order valence-corrected chi connectivity index (χ4v) is 3.35. The normalized spacial score (nSPS) is 18.5. The van der Waals surface area contributed by atoms with Gasteiger partial charge in [-0.2, -0.15) is 5.10 Å². The molecule has 1 amide bonds. The maximum atomic E-state index is 12.5. The molecular weight excluding hydrogens is 304 g/mol. The molecule has 1 saturated heterocycles. The van der Waals surface area contributed by atoms with Gasteiger partial charge in [0.1, 0.15) is 17.8 Å². The SMILES string of the molecule is Cn1nccc1C(=O)N1CCN(c2cc(C3CCC3)ncn2)CC1. The first-order valence-electron chi connectivity index (χ1n) is 8.56. The molecule has 2 aromatic heterocycles. The summed E-state index contributed by atoms with van der Waals surface area (Å²) in [5.74, 6) is 1.64. The van der Waals surface area contributed by atoms with Crippen molar-refractivity contribution in [3.05, 3.63) is 36.0 Å². The Bertz CT molecular complexity index is 730. The Balaban J connectivity index is 1.41. The molecule has 126 valence electrons. The topological polar surface area (TPSA) is 67.2 Å². The van der Waals surface area contributed by atoms with Crippen LogP contribution in [0.3, 0.4) is 0 Å². The average molecular weight is 326 g/mol. The van der Waals surface area contributed by atoms with Gasteiger partial charge in [-0.25, -0.2) is 9.97 Å². The van der Waals surface area contributed by atoms with Crippen LogP contribution >= 0.6 is 0 Å². The van der Waals surface area contributed by atoms with Gasteiger partial charge in [0.2, 0.25) is 0 Å². The van der Waals surface area contributed by atoms with E-state index in [0.717, 1.165) is 18.9 Å². The molecule has 0 N–H and O–H groups in total. The Kier molecular flexibility index (Phi) is 3.92. The minimum atomic E-state index is 0.0486. The lowest BCUT2D eigenvalue weighted by Gasteiger charge is -2.35. The van der Waals surface area contributed by atoms with Crippen LogP contribution in [0.1, 0.15) is 41.4 Å². The van der Waals surface area contributed by atoms with Crippen molar-refractivity contribution < 1.29 is 4.79 Å².